The summed E-state index contributed by atoms with van der Waals surface area (Å²) in [5.74, 6) is 1.21. The lowest BCUT2D eigenvalue weighted by Crippen LogP contribution is -2.47. The van der Waals surface area contributed by atoms with Crippen LogP contribution in [-0.4, -0.2) is 39.8 Å². The van der Waals surface area contributed by atoms with Crippen LogP contribution in [0.1, 0.15) is 42.0 Å². The fourth-order valence-corrected chi connectivity index (χ4v) is 5.90. The highest BCUT2D eigenvalue weighted by molar-refractivity contribution is 7.10. The summed E-state index contributed by atoms with van der Waals surface area (Å²) in [6, 6.07) is 9.16. The van der Waals surface area contributed by atoms with Gasteiger partial charge in [-0.2, -0.15) is 4.37 Å². The van der Waals surface area contributed by atoms with Crippen molar-refractivity contribution in [3.63, 3.8) is 0 Å². The number of aryl methyl sites for hydroxylation is 1. The van der Waals surface area contributed by atoms with Gasteiger partial charge in [0.2, 0.25) is 5.91 Å². The Balaban J connectivity index is 1.28. The third kappa shape index (κ3) is 3.14. The van der Waals surface area contributed by atoms with Crippen LogP contribution in [0.4, 0.5) is 5.00 Å². The van der Waals surface area contributed by atoms with Crippen LogP contribution in [0.3, 0.4) is 0 Å². The van der Waals surface area contributed by atoms with Gasteiger partial charge in [0.25, 0.3) is 0 Å². The van der Waals surface area contributed by atoms with E-state index >= 15 is 0 Å². The Morgan fingerprint density at radius 2 is 2.32 bits per heavy atom. The zero-order valence-electron chi connectivity index (χ0n) is 16.4. The maximum atomic E-state index is 12.4. The molecule has 0 bridgehead atoms. The van der Waals surface area contributed by atoms with Crippen molar-refractivity contribution in [3.05, 3.63) is 47.3 Å². The number of hydrogen-bond acceptors (Lipinski definition) is 4. The highest BCUT2D eigenvalue weighted by atomic mass is 32.1. The lowest BCUT2D eigenvalue weighted by atomic mass is 9.71. The number of anilines is 1. The van der Waals surface area contributed by atoms with Crippen LogP contribution in [0.2, 0.25) is 0 Å². The summed E-state index contributed by atoms with van der Waals surface area (Å²) in [4.78, 5) is 18.3. The normalized spacial score (nSPS) is 24.3. The molecule has 1 aliphatic heterocycles. The third-order valence-corrected chi connectivity index (χ3v) is 7.28. The molecule has 3 aromatic rings. The van der Waals surface area contributed by atoms with Crippen LogP contribution < -0.4 is 5.32 Å². The standard InChI is InChI=1S/C22H26N4OS/c1-13-8-21(28-25-13)24-20(27)7-6-14-9-17-16-4-3-5-18-22(16)15(11-23-18)10-19(17)26(2)12-14/h3-5,8,11,14,17,19,23H,6-7,9-10,12H2,1-2H3,(H,24,27)/t14?,17-,19-/m1/s1. The van der Waals surface area contributed by atoms with Crippen LogP contribution in [0.5, 0.6) is 0 Å². The van der Waals surface area contributed by atoms with Gasteiger partial charge in [0, 0.05) is 42.0 Å². The Morgan fingerprint density at radius 1 is 1.43 bits per heavy atom. The number of piperidine rings is 1. The number of rotatable bonds is 4. The van der Waals surface area contributed by atoms with Gasteiger partial charge in [-0.15, -0.1) is 0 Å². The number of amides is 1. The molecule has 1 fully saturated rings. The van der Waals surface area contributed by atoms with Gasteiger partial charge < -0.3 is 15.2 Å². The van der Waals surface area contributed by atoms with E-state index < -0.39 is 0 Å². The minimum atomic E-state index is 0.104. The molecule has 5 rings (SSSR count). The van der Waals surface area contributed by atoms with E-state index in [-0.39, 0.29) is 5.91 Å². The largest absolute Gasteiger partial charge is 0.361 e. The molecule has 0 saturated carbocycles. The number of nitrogens with one attached hydrogen (secondary N) is 2. The number of aromatic amines is 1. The summed E-state index contributed by atoms with van der Waals surface area (Å²) in [5, 5.41) is 5.28. The molecule has 2 aliphatic rings. The maximum absolute atomic E-state index is 12.4. The first-order chi connectivity index (χ1) is 13.6. The molecule has 146 valence electrons. The van der Waals surface area contributed by atoms with Gasteiger partial charge in [0.05, 0.1) is 5.69 Å². The van der Waals surface area contributed by atoms with Crippen LogP contribution in [0.15, 0.2) is 30.5 Å². The van der Waals surface area contributed by atoms with Gasteiger partial charge in [-0.1, -0.05) is 12.1 Å². The first-order valence-electron chi connectivity index (χ1n) is 10.1. The van der Waals surface area contributed by atoms with Crippen molar-refractivity contribution in [2.45, 2.75) is 44.6 Å². The van der Waals surface area contributed by atoms with E-state index in [4.69, 9.17) is 0 Å². The molecule has 1 aromatic carbocycles. The fraction of sp³-hybridized carbons (Fsp3) is 0.455. The van der Waals surface area contributed by atoms with Gasteiger partial charge in [0.15, 0.2) is 0 Å². The summed E-state index contributed by atoms with van der Waals surface area (Å²) in [6.45, 7) is 3.02. The Bertz CT molecular complexity index is 1020. The molecule has 28 heavy (non-hydrogen) atoms. The molecule has 3 atom stereocenters. The van der Waals surface area contributed by atoms with E-state index in [1.54, 1.807) is 0 Å². The molecular weight excluding hydrogens is 368 g/mol. The van der Waals surface area contributed by atoms with Crippen molar-refractivity contribution >= 4 is 33.3 Å². The number of nitrogens with zero attached hydrogens (tertiary/aromatic N) is 2. The molecular formula is C22H26N4OS. The summed E-state index contributed by atoms with van der Waals surface area (Å²) in [5.41, 5.74) is 5.16. The summed E-state index contributed by atoms with van der Waals surface area (Å²) in [7, 11) is 2.25. The average molecular weight is 395 g/mol. The maximum Gasteiger partial charge on any atom is 0.225 e. The van der Waals surface area contributed by atoms with Gasteiger partial charge in [-0.3, -0.25) is 4.79 Å². The molecule has 5 nitrogen and oxygen atoms in total. The van der Waals surface area contributed by atoms with Crippen LogP contribution in [-0.2, 0) is 11.2 Å². The number of hydrogen-bond donors (Lipinski definition) is 2. The number of aromatic nitrogens is 2. The quantitative estimate of drug-likeness (QED) is 0.693. The Kier molecular flexibility index (Phi) is 4.48. The molecule has 1 saturated heterocycles. The number of H-pyrrole nitrogens is 1. The predicted molar refractivity (Wildman–Crippen MR) is 114 cm³/mol. The molecule has 1 aliphatic carbocycles. The van der Waals surface area contributed by atoms with Crippen molar-refractivity contribution in [2.24, 2.45) is 5.92 Å². The molecule has 1 amide bonds. The van der Waals surface area contributed by atoms with Crippen molar-refractivity contribution in [1.82, 2.24) is 14.3 Å². The second kappa shape index (κ2) is 7.01. The van der Waals surface area contributed by atoms with Crippen molar-refractivity contribution in [3.8, 4) is 0 Å². The van der Waals surface area contributed by atoms with E-state index in [9.17, 15) is 4.79 Å². The summed E-state index contributed by atoms with van der Waals surface area (Å²) in [6.07, 6.45) is 6.00. The second-order valence-corrected chi connectivity index (χ2v) is 9.23. The number of likely N-dealkylation sites (N-methyl/N-ethyl adjacent to an activating group) is 1. The number of fused-ring (bicyclic) bond motifs is 2. The Labute approximate surface area is 169 Å². The minimum Gasteiger partial charge on any atom is -0.361 e. The lowest BCUT2D eigenvalue weighted by molar-refractivity contribution is -0.116. The van der Waals surface area contributed by atoms with Gasteiger partial charge in [-0.25, -0.2) is 0 Å². The number of likely N-dealkylation sites (tertiary alicyclic amines) is 1. The molecule has 6 heteroatoms. The number of benzene rings is 1. The van der Waals surface area contributed by atoms with E-state index in [0.29, 0.717) is 24.3 Å². The molecule has 0 spiro atoms. The zero-order chi connectivity index (χ0) is 19.3. The molecule has 3 heterocycles. The highest BCUT2D eigenvalue weighted by Crippen LogP contribution is 2.45. The van der Waals surface area contributed by atoms with Gasteiger partial charge in [-0.05, 0) is 73.9 Å². The van der Waals surface area contributed by atoms with Crippen molar-refractivity contribution in [2.75, 3.05) is 18.9 Å². The van der Waals surface area contributed by atoms with E-state index in [1.165, 1.54) is 40.0 Å². The average Bonchev–Trinajstić information content (AvgIpc) is 3.28. The van der Waals surface area contributed by atoms with E-state index in [2.05, 4.69) is 51.0 Å². The van der Waals surface area contributed by atoms with Crippen LogP contribution >= 0.6 is 11.5 Å². The van der Waals surface area contributed by atoms with Crippen LogP contribution in [0.25, 0.3) is 10.9 Å². The first kappa shape index (κ1) is 17.9. The molecule has 0 radical (unpaired) electrons. The van der Waals surface area contributed by atoms with Crippen molar-refractivity contribution in [1.29, 1.82) is 0 Å². The fourth-order valence-electron chi connectivity index (χ4n) is 5.22. The zero-order valence-corrected chi connectivity index (χ0v) is 17.2. The second-order valence-electron chi connectivity index (χ2n) is 8.42. The lowest BCUT2D eigenvalue weighted by Gasteiger charge is -2.45. The first-order valence-corrected chi connectivity index (χ1v) is 10.9. The monoisotopic (exact) mass is 394 g/mol. The van der Waals surface area contributed by atoms with Gasteiger partial charge in [0.1, 0.15) is 5.00 Å². The Hall–Kier alpha value is -2.18. The molecule has 2 N–H and O–H groups in total. The van der Waals surface area contributed by atoms with Crippen LogP contribution in [0, 0.1) is 12.8 Å². The topological polar surface area (TPSA) is 61.0 Å². The molecule has 1 unspecified atom stereocenters. The van der Waals surface area contributed by atoms with Gasteiger partial charge >= 0.3 is 0 Å². The highest BCUT2D eigenvalue weighted by Gasteiger charge is 2.39. The van der Waals surface area contributed by atoms with Crippen molar-refractivity contribution < 1.29 is 4.79 Å². The van der Waals surface area contributed by atoms with E-state index in [0.717, 1.165) is 30.1 Å². The summed E-state index contributed by atoms with van der Waals surface area (Å²) < 4.78 is 4.22. The Morgan fingerprint density at radius 3 is 3.14 bits per heavy atom. The predicted octanol–water partition coefficient (Wildman–Crippen LogP) is 4.31. The minimum absolute atomic E-state index is 0.104. The third-order valence-electron chi connectivity index (χ3n) is 6.48. The number of carbonyl (C=O) groups excluding carboxylic acids is 1. The SMILES string of the molecule is Cc1cc(NC(=O)CCC2C[C@@H]3c4cccc5[nH]cc(c45)C[C@H]3N(C)C2)sn1. The molecule has 2 aromatic heterocycles. The smallest absolute Gasteiger partial charge is 0.225 e. The summed E-state index contributed by atoms with van der Waals surface area (Å²) >= 11 is 1.35. The number of carbonyl (C=O) groups is 1. The van der Waals surface area contributed by atoms with E-state index in [1.807, 2.05) is 13.0 Å².